The molecule has 0 unspecified atom stereocenters. The molecular formula is C22H31F3IN3O2. The molecule has 2 fully saturated rings. The lowest BCUT2D eigenvalue weighted by molar-refractivity contribution is -0.146. The first-order chi connectivity index (χ1) is 14.3. The zero-order valence-corrected chi connectivity index (χ0v) is 20.3. The number of guanidine groups is 1. The van der Waals surface area contributed by atoms with Gasteiger partial charge in [0.1, 0.15) is 0 Å². The third kappa shape index (κ3) is 6.04. The predicted octanol–water partition coefficient (Wildman–Crippen LogP) is 4.60. The maximum Gasteiger partial charge on any atom is 0.416 e. The number of methoxy groups -OCH3 is 1. The molecule has 3 rings (SSSR count). The molecule has 1 aromatic carbocycles. The van der Waals surface area contributed by atoms with E-state index in [0.29, 0.717) is 44.6 Å². The second-order valence-electron chi connectivity index (χ2n) is 8.17. The van der Waals surface area contributed by atoms with Gasteiger partial charge < -0.3 is 15.0 Å². The lowest BCUT2D eigenvalue weighted by atomic mass is 9.64. The minimum Gasteiger partial charge on any atom is -0.469 e. The first-order valence-corrected chi connectivity index (χ1v) is 10.6. The summed E-state index contributed by atoms with van der Waals surface area (Å²) in [6.07, 6.45) is -0.273. The highest BCUT2D eigenvalue weighted by Gasteiger charge is 2.40. The van der Waals surface area contributed by atoms with Crippen LogP contribution in [0.5, 0.6) is 0 Å². The van der Waals surface area contributed by atoms with Crippen LogP contribution in [-0.2, 0) is 21.1 Å². The van der Waals surface area contributed by atoms with Gasteiger partial charge in [0.15, 0.2) is 5.96 Å². The highest BCUT2D eigenvalue weighted by molar-refractivity contribution is 14.0. The minimum atomic E-state index is -4.34. The van der Waals surface area contributed by atoms with Gasteiger partial charge in [0.05, 0.1) is 25.1 Å². The van der Waals surface area contributed by atoms with Crippen molar-refractivity contribution < 1.29 is 22.7 Å². The number of carbonyl (C=O) groups is 1. The second kappa shape index (κ2) is 10.9. The van der Waals surface area contributed by atoms with Crippen molar-refractivity contribution >= 4 is 35.9 Å². The number of rotatable bonds is 5. The zero-order valence-electron chi connectivity index (χ0n) is 18.0. The first kappa shape index (κ1) is 25.7. The molecule has 0 amide bonds. The molecule has 2 aliphatic rings. The monoisotopic (exact) mass is 553 g/mol. The fourth-order valence-corrected chi connectivity index (χ4v) is 4.31. The van der Waals surface area contributed by atoms with E-state index >= 15 is 0 Å². The summed E-state index contributed by atoms with van der Waals surface area (Å²) < 4.78 is 44.4. The third-order valence-electron chi connectivity index (χ3n) is 6.31. The molecule has 1 aromatic rings. The molecule has 0 aromatic heterocycles. The van der Waals surface area contributed by atoms with Gasteiger partial charge in [-0.2, -0.15) is 13.2 Å². The smallest absolute Gasteiger partial charge is 0.416 e. The molecule has 0 spiro atoms. The molecule has 0 bridgehead atoms. The van der Waals surface area contributed by atoms with Gasteiger partial charge in [-0.15, -0.1) is 24.0 Å². The maximum absolute atomic E-state index is 13.2. The summed E-state index contributed by atoms with van der Waals surface area (Å²) in [6, 6.07) is 5.68. The van der Waals surface area contributed by atoms with Gasteiger partial charge in [0.25, 0.3) is 0 Å². The third-order valence-corrected chi connectivity index (χ3v) is 6.31. The number of hydrogen-bond acceptors (Lipinski definition) is 3. The Kier molecular flexibility index (Phi) is 9.03. The summed E-state index contributed by atoms with van der Waals surface area (Å²) in [5.74, 6) is 0.505. The van der Waals surface area contributed by atoms with Crippen molar-refractivity contribution in [3.05, 3.63) is 35.4 Å². The Morgan fingerprint density at radius 1 is 1.29 bits per heavy atom. The van der Waals surface area contributed by atoms with Crippen molar-refractivity contribution in [1.29, 1.82) is 0 Å². The van der Waals surface area contributed by atoms with E-state index in [2.05, 4.69) is 10.2 Å². The highest BCUT2D eigenvalue weighted by Crippen LogP contribution is 2.45. The Morgan fingerprint density at radius 2 is 1.97 bits per heavy atom. The van der Waals surface area contributed by atoms with E-state index in [1.54, 1.807) is 6.07 Å². The van der Waals surface area contributed by atoms with Crippen molar-refractivity contribution in [2.75, 3.05) is 33.3 Å². The molecule has 1 saturated heterocycles. The lowest BCUT2D eigenvalue weighted by Crippen LogP contribution is -2.47. The van der Waals surface area contributed by atoms with Crippen LogP contribution in [0.4, 0.5) is 13.2 Å². The number of carbonyl (C=O) groups excluding carboxylic acids is 1. The van der Waals surface area contributed by atoms with Gasteiger partial charge in [-0.1, -0.05) is 24.6 Å². The predicted molar refractivity (Wildman–Crippen MR) is 125 cm³/mol. The van der Waals surface area contributed by atoms with Crippen LogP contribution < -0.4 is 5.32 Å². The van der Waals surface area contributed by atoms with Crippen LogP contribution in [0.25, 0.3) is 0 Å². The van der Waals surface area contributed by atoms with E-state index in [1.165, 1.54) is 19.2 Å². The Labute approximate surface area is 198 Å². The lowest BCUT2D eigenvalue weighted by Gasteiger charge is -2.42. The number of nitrogens with zero attached hydrogens (tertiary/aromatic N) is 2. The molecule has 0 atom stereocenters. The van der Waals surface area contributed by atoms with E-state index in [1.807, 2.05) is 6.92 Å². The van der Waals surface area contributed by atoms with Gasteiger partial charge in [0, 0.05) is 25.0 Å². The van der Waals surface area contributed by atoms with Gasteiger partial charge in [-0.05, 0) is 44.2 Å². The molecule has 1 aliphatic carbocycles. The molecular weight excluding hydrogens is 522 g/mol. The van der Waals surface area contributed by atoms with E-state index in [0.717, 1.165) is 31.3 Å². The number of benzene rings is 1. The number of aliphatic imine (C=N–C) groups is 1. The summed E-state index contributed by atoms with van der Waals surface area (Å²) in [4.78, 5) is 18.7. The van der Waals surface area contributed by atoms with Crippen molar-refractivity contribution in [3.63, 3.8) is 0 Å². The number of alkyl halides is 3. The molecule has 1 N–H and O–H groups in total. The molecule has 5 nitrogen and oxygen atoms in total. The van der Waals surface area contributed by atoms with Crippen LogP contribution in [0.3, 0.4) is 0 Å². The summed E-state index contributed by atoms with van der Waals surface area (Å²) in [5, 5.41) is 3.30. The van der Waals surface area contributed by atoms with Crippen LogP contribution in [0.15, 0.2) is 29.3 Å². The molecule has 9 heteroatoms. The average molecular weight is 553 g/mol. The summed E-state index contributed by atoms with van der Waals surface area (Å²) >= 11 is 0. The van der Waals surface area contributed by atoms with Gasteiger partial charge in [-0.25, -0.2) is 0 Å². The Morgan fingerprint density at radius 3 is 2.48 bits per heavy atom. The van der Waals surface area contributed by atoms with E-state index in [-0.39, 0.29) is 41.3 Å². The number of esters is 1. The average Bonchev–Trinajstić information content (AvgIpc) is 2.71. The Hall–Kier alpha value is -1.52. The minimum absolute atomic E-state index is 0. The first-order valence-electron chi connectivity index (χ1n) is 10.6. The van der Waals surface area contributed by atoms with Gasteiger partial charge in [0.2, 0.25) is 0 Å². The number of ether oxygens (including phenoxy) is 1. The molecule has 1 saturated carbocycles. The van der Waals surface area contributed by atoms with Crippen LogP contribution in [-0.4, -0.2) is 50.1 Å². The van der Waals surface area contributed by atoms with Crippen molar-refractivity contribution in [2.24, 2.45) is 10.9 Å². The summed E-state index contributed by atoms with van der Waals surface area (Å²) in [6.45, 7) is 4.53. The number of hydrogen-bond donors (Lipinski definition) is 1. The van der Waals surface area contributed by atoms with Crippen molar-refractivity contribution in [3.8, 4) is 0 Å². The quantitative estimate of drug-likeness (QED) is 0.251. The molecule has 1 heterocycles. The normalized spacial score (nSPS) is 19.3. The Balaban J connectivity index is 0.00000341. The fraction of sp³-hybridized carbons (Fsp3) is 0.636. The SMILES string of the molecule is CCNC(=NCC1(c2cccc(C(F)(F)F)c2)CCC1)N1CCC(C(=O)OC)CC1.I. The zero-order chi connectivity index (χ0) is 21.8. The van der Waals surface area contributed by atoms with E-state index < -0.39 is 11.7 Å². The second-order valence-corrected chi connectivity index (χ2v) is 8.17. The molecule has 174 valence electrons. The van der Waals surface area contributed by atoms with Crippen LogP contribution in [0.1, 0.15) is 50.2 Å². The van der Waals surface area contributed by atoms with E-state index in [9.17, 15) is 18.0 Å². The standard InChI is InChI=1S/C22H30F3N3O2.HI/c1-3-26-20(28-12-8-16(9-13-28)19(29)30-2)27-15-21(10-5-11-21)17-6-4-7-18(14-17)22(23,24)25;/h4,6-7,14,16H,3,5,8-13,15H2,1-2H3,(H,26,27);1H. The van der Waals surface area contributed by atoms with Crippen LogP contribution >= 0.6 is 24.0 Å². The molecule has 0 radical (unpaired) electrons. The molecule has 31 heavy (non-hydrogen) atoms. The van der Waals surface area contributed by atoms with E-state index in [4.69, 9.17) is 9.73 Å². The highest BCUT2D eigenvalue weighted by atomic mass is 127. The topological polar surface area (TPSA) is 53.9 Å². The van der Waals surface area contributed by atoms with Crippen molar-refractivity contribution in [2.45, 2.75) is 50.6 Å². The summed E-state index contributed by atoms with van der Waals surface area (Å²) in [7, 11) is 1.41. The van der Waals surface area contributed by atoms with Gasteiger partial charge in [-0.3, -0.25) is 9.79 Å². The number of likely N-dealkylation sites (tertiary alicyclic amines) is 1. The molecule has 1 aliphatic heterocycles. The van der Waals surface area contributed by atoms with Crippen molar-refractivity contribution in [1.82, 2.24) is 10.2 Å². The van der Waals surface area contributed by atoms with Crippen LogP contribution in [0.2, 0.25) is 0 Å². The Bertz CT molecular complexity index is 774. The number of piperidine rings is 1. The van der Waals surface area contributed by atoms with Gasteiger partial charge >= 0.3 is 12.1 Å². The number of halogens is 4. The maximum atomic E-state index is 13.2. The summed E-state index contributed by atoms with van der Waals surface area (Å²) in [5.41, 5.74) is -0.230. The fourth-order valence-electron chi connectivity index (χ4n) is 4.31. The van der Waals surface area contributed by atoms with Crippen LogP contribution in [0, 0.1) is 5.92 Å². The number of nitrogens with one attached hydrogen (secondary N) is 1. The largest absolute Gasteiger partial charge is 0.469 e.